The van der Waals surface area contributed by atoms with Gasteiger partial charge in [0, 0.05) is 5.69 Å². The summed E-state index contributed by atoms with van der Waals surface area (Å²) in [4.78, 5) is 4.18. The fourth-order valence-electron chi connectivity index (χ4n) is 1.92. The molecule has 2 aromatic heterocycles. The molecule has 0 spiro atoms. The molecule has 1 aromatic carbocycles. The first kappa shape index (κ1) is 11.8. The van der Waals surface area contributed by atoms with Gasteiger partial charge in [0.25, 0.3) is 0 Å². The molecule has 0 atom stereocenters. The Labute approximate surface area is 115 Å². The number of halogens is 1. The molecule has 2 heterocycles. The predicted octanol–water partition coefficient (Wildman–Crippen LogP) is 3.02. The zero-order chi connectivity index (χ0) is 13.4. The summed E-state index contributed by atoms with van der Waals surface area (Å²) in [6, 6.07) is 9.23. The van der Waals surface area contributed by atoms with E-state index in [9.17, 15) is 0 Å². The van der Waals surface area contributed by atoms with Crippen molar-refractivity contribution in [3.63, 3.8) is 0 Å². The Bertz CT molecular complexity index is 750. The highest BCUT2D eigenvalue weighted by Gasteiger charge is 2.07. The molecule has 3 rings (SSSR count). The van der Waals surface area contributed by atoms with Crippen molar-refractivity contribution in [3.8, 4) is 0 Å². The second-order valence-corrected chi connectivity index (χ2v) is 4.72. The van der Waals surface area contributed by atoms with Gasteiger partial charge in [-0.2, -0.15) is 9.61 Å². The van der Waals surface area contributed by atoms with E-state index in [1.807, 2.05) is 19.1 Å². The van der Waals surface area contributed by atoms with Gasteiger partial charge in [-0.1, -0.05) is 11.6 Å². The van der Waals surface area contributed by atoms with E-state index in [1.54, 1.807) is 22.7 Å². The van der Waals surface area contributed by atoms with E-state index in [-0.39, 0.29) is 0 Å². The van der Waals surface area contributed by atoms with E-state index in [2.05, 4.69) is 15.4 Å². The van der Waals surface area contributed by atoms with Gasteiger partial charge in [0.15, 0.2) is 5.65 Å². The highest BCUT2D eigenvalue weighted by molar-refractivity contribution is 6.33. The van der Waals surface area contributed by atoms with E-state index in [4.69, 9.17) is 17.3 Å². The second-order valence-electron chi connectivity index (χ2n) is 4.31. The Balaban J connectivity index is 2.10. The monoisotopic (exact) mass is 273 g/mol. The maximum absolute atomic E-state index is 6.15. The molecule has 0 aliphatic rings. The topological polar surface area (TPSA) is 68.2 Å². The number of fused-ring (bicyclic) bond motifs is 1. The second kappa shape index (κ2) is 4.44. The first-order valence-corrected chi connectivity index (χ1v) is 6.14. The van der Waals surface area contributed by atoms with Gasteiger partial charge >= 0.3 is 0 Å². The third kappa shape index (κ3) is 2.20. The molecular weight excluding hydrogens is 262 g/mol. The average Bonchev–Trinajstić information content (AvgIpc) is 2.82. The van der Waals surface area contributed by atoms with Crippen molar-refractivity contribution in [2.75, 3.05) is 11.1 Å². The minimum absolute atomic E-state index is 0.601. The van der Waals surface area contributed by atoms with E-state index < -0.39 is 0 Å². The van der Waals surface area contributed by atoms with Gasteiger partial charge in [-0.3, -0.25) is 0 Å². The zero-order valence-electron chi connectivity index (χ0n) is 10.3. The lowest BCUT2D eigenvalue weighted by atomic mass is 10.2. The normalized spacial score (nSPS) is 10.8. The third-order valence-electron chi connectivity index (χ3n) is 2.78. The van der Waals surface area contributed by atoms with Gasteiger partial charge in [-0.15, -0.1) is 0 Å². The molecule has 6 heteroatoms. The largest absolute Gasteiger partial charge is 0.399 e. The summed E-state index contributed by atoms with van der Waals surface area (Å²) in [5.74, 6) is 0.792. The van der Waals surface area contributed by atoms with Crippen LogP contribution in [-0.2, 0) is 0 Å². The Kier molecular flexibility index (Phi) is 2.76. The predicted molar refractivity (Wildman–Crippen MR) is 76.9 cm³/mol. The number of aromatic nitrogens is 3. The van der Waals surface area contributed by atoms with Gasteiger partial charge in [0.2, 0.25) is 0 Å². The number of nitrogens with zero attached hydrogens (tertiary/aromatic N) is 3. The van der Waals surface area contributed by atoms with Crippen LogP contribution in [0.4, 0.5) is 17.2 Å². The number of hydrogen-bond donors (Lipinski definition) is 2. The lowest BCUT2D eigenvalue weighted by Crippen LogP contribution is -2.01. The molecule has 0 radical (unpaired) electrons. The Hall–Kier alpha value is -2.27. The van der Waals surface area contributed by atoms with Crippen molar-refractivity contribution in [1.82, 2.24) is 14.6 Å². The van der Waals surface area contributed by atoms with Gasteiger partial charge in [-0.05, 0) is 42.8 Å². The van der Waals surface area contributed by atoms with Crippen molar-refractivity contribution in [1.29, 1.82) is 0 Å². The third-order valence-corrected chi connectivity index (χ3v) is 3.11. The molecule has 0 unspecified atom stereocenters. The molecule has 3 aromatic rings. The van der Waals surface area contributed by atoms with Crippen molar-refractivity contribution in [2.45, 2.75) is 6.92 Å². The zero-order valence-corrected chi connectivity index (χ0v) is 11.0. The van der Waals surface area contributed by atoms with E-state index in [0.29, 0.717) is 10.7 Å². The van der Waals surface area contributed by atoms with Crippen LogP contribution in [0.3, 0.4) is 0 Å². The summed E-state index contributed by atoms with van der Waals surface area (Å²) < 4.78 is 1.71. The van der Waals surface area contributed by atoms with Crippen molar-refractivity contribution < 1.29 is 0 Å². The molecular formula is C13H12ClN5. The maximum atomic E-state index is 6.15. The first-order valence-electron chi connectivity index (χ1n) is 5.76. The molecule has 0 saturated heterocycles. The number of benzene rings is 1. The van der Waals surface area contributed by atoms with E-state index >= 15 is 0 Å². The lowest BCUT2D eigenvalue weighted by Gasteiger charge is -2.11. The average molecular weight is 274 g/mol. The number of nitrogens with two attached hydrogens (primary N) is 1. The smallest absolute Gasteiger partial charge is 0.157 e. The Morgan fingerprint density at radius 1 is 1.26 bits per heavy atom. The molecule has 19 heavy (non-hydrogen) atoms. The van der Waals surface area contributed by atoms with E-state index in [0.717, 1.165) is 22.7 Å². The fraction of sp³-hybridized carbons (Fsp3) is 0.0769. The van der Waals surface area contributed by atoms with Crippen LogP contribution in [0.1, 0.15) is 5.56 Å². The summed E-state index contributed by atoms with van der Waals surface area (Å²) in [5, 5.41) is 8.01. The van der Waals surface area contributed by atoms with Crippen LogP contribution >= 0.6 is 11.6 Å². The molecule has 0 amide bonds. The van der Waals surface area contributed by atoms with Crippen molar-refractivity contribution in [3.05, 3.63) is 47.2 Å². The lowest BCUT2D eigenvalue weighted by molar-refractivity contribution is 0.965. The van der Waals surface area contributed by atoms with Crippen LogP contribution in [-0.4, -0.2) is 14.6 Å². The highest BCUT2D eigenvalue weighted by atomic mass is 35.5. The number of pyridine rings is 1. The quantitative estimate of drug-likeness (QED) is 0.704. The first-order chi connectivity index (χ1) is 9.13. The minimum atomic E-state index is 0.601. The van der Waals surface area contributed by atoms with Crippen LogP contribution in [0.2, 0.25) is 5.02 Å². The molecule has 0 aliphatic carbocycles. The summed E-state index contributed by atoms with van der Waals surface area (Å²) in [7, 11) is 0. The molecule has 0 bridgehead atoms. The highest BCUT2D eigenvalue weighted by Crippen LogP contribution is 2.27. The maximum Gasteiger partial charge on any atom is 0.157 e. The van der Waals surface area contributed by atoms with Gasteiger partial charge < -0.3 is 11.1 Å². The van der Waals surface area contributed by atoms with Crippen LogP contribution in [0.25, 0.3) is 5.65 Å². The molecule has 3 N–H and O–H groups in total. The number of rotatable bonds is 2. The molecule has 0 aliphatic heterocycles. The summed E-state index contributed by atoms with van der Waals surface area (Å²) >= 11 is 6.15. The summed E-state index contributed by atoms with van der Waals surface area (Å²) in [6.45, 7) is 2.00. The Morgan fingerprint density at radius 2 is 2.11 bits per heavy atom. The number of nitrogen functional groups attached to an aromatic ring is 1. The standard InChI is InChI=1S/C13H12ClN5/c1-8-4-12-16-7-17-19(12)13(5-8)18-11-6-9(15)2-3-10(11)14/h2-7,18H,15H2,1H3. The van der Waals surface area contributed by atoms with Crippen LogP contribution < -0.4 is 11.1 Å². The van der Waals surface area contributed by atoms with Crippen LogP contribution in [0.5, 0.6) is 0 Å². The minimum Gasteiger partial charge on any atom is -0.399 e. The molecule has 0 saturated carbocycles. The van der Waals surface area contributed by atoms with Crippen molar-refractivity contribution in [2.24, 2.45) is 0 Å². The van der Waals surface area contributed by atoms with E-state index in [1.165, 1.54) is 6.33 Å². The SMILES string of the molecule is Cc1cc(Nc2cc(N)ccc2Cl)n2ncnc2c1. The fourth-order valence-corrected chi connectivity index (χ4v) is 2.09. The van der Waals surface area contributed by atoms with Crippen molar-refractivity contribution >= 4 is 34.4 Å². The number of hydrogen-bond acceptors (Lipinski definition) is 4. The number of anilines is 3. The molecule has 0 fully saturated rings. The number of aryl methyl sites for hydroxylation is 1. The van der Waals surface area contributed by atoms with Gasteiger partial charge in [0.05, 0.1) is 10.7 Å². The number of nitrogens with one attached hydrogen (secondary N) is 1. The van der Waals surface area contributed by atoms with Crippen LogP contribution in [0.15, 0.2) is 36.7 Å². The Morgan fingerprint density at radius 3 is 2.95 bits per heavy atom. The summed E-state index contributed by atoms with van der Waals surface area (Å²) in [5.41, 5.74) is 9.02. The van der Waals surface area contributed by atoms with Gasteiger partial charge in [-0.25, -0.2) is 4.98 Å². The van der Waals surface area contributed by atoms with Crippen LogP contribution in [0, 0.1) is 6.92 Å². The summed E-state index contributed by atoms with van der Waals surface area (Å²) in [6.07, 6.45) is 1.51. The molecule has 96 valence electrons. The van der Waals surface area contributed by atoms with Gasteiger partial charge in [0.1, 0.15) is 12.1 Å². The molecule has 5 nitrogen and oxygen atoms in total.